The molecule has 1 aromatic carbocycles. The average Bonchev–Trinajstić information content (AvgIpc) is 3.21. The summed E-state index contributed by atoms with van der Waals surface area (Å²) in [5.41, 5.74) is 5.81. The molecule has 116 valence electrons. The smallest absolute Gasteiger partial charge is 0.242 e. The molecule has 7 nitrogen and oxygen atoms in total. The molecule has 2 rings (SSSR count). The van der Waals surface area contributed by atoms with Crippen LogP contribution in [0.4, 0.5) is 5.69 Å². The van der Waals surface area contributed by atoms with Gasteiger partial charge in [0, 0.05) is 25.1 Å². The Balaban J connectivity index is 1.92. The number of methoxy groups -OCH3 is 1. The van der Waals surface area contributed by atoms with Crippen molar-refractivity contribution in [2.24, 2.45) is 0 Å². The number of nitrogens with two attached hydrogens (primary N) is 1. The SMILES string of the molecule is COc1ccc(S(=O)(=O)NCCC(=O)NC2CC2)c(N)c1. The first-order chi connectivity index (χ1) is 9.92. The number of anilines is 1. The maximum Gasteiger partial charge on any atom is 0.242 e. The Morgan fingerprint density at radius 2 is 2.14 bits per heavy atom. The Hall–Kier alpha value is -1.80. The van der Waals surface area contributed by atoms with Crippen molar-refractivity contribution >= 4 is 21.6 Å². The number of nitrogens with one attached hydrogen (secondary N) is 2. The fourth-order valence-electron chi connectivity index (χ4n) is 1.80. The van der Waals surface area contributed by atoms with E-state index in [0.29, 0.717) is 5.75 Å². The minimum Gasteiger partial charge on any atom is -0.497 e. The molecule has 1 fully saturated rings. The number of benzene rings is 1. The molecule has 21 heavy (non-hydrogen) atoms. The summed E-state index contributed by atoms with van der Waals surface area (Å²) in [5, 5.41) is 2.79. The molecule has 1 aromatic rings. The lowest BCUT2D eigenvalue weighted by molar-refractivity contribution is -0.121. The number of hydrogen-bond acceptors (Lipinski definition) is 5. The van der Waals surface area contributed by atoms with Crippen LogP contribution in [0.1, 0.15) is 19.3 Å². The molecule has 8 heteroatoms. The predicted molar refractivity (Wildman–Crippen MR) is 78.4 cm³/mol. The van der Waals surface area contributed by atoms with Crippen molar-refractivity contribution in [2.75, 3.05) is 19.4 Å². The summed E-state index contributed by atoms with van der Waals surface area (Å²) < 4.78 is 31.5. The van der Waals surface area contributed by atoms with Crippen molar-refractivity contribution in [3.8, 4) is 5.75 Å². The molecule has 4 N–H and O–H groups in total. The van der Waals surface area contributed by atoms with E-state index in [9.17, 15) is 13.2 Å². The van der Waals surface area contributed by atoms with Crippen LogP contribution in [0.15, 0.2) is 23.1 Å². The van der Waals surface area contributed by atoms with Gasteiger partial charge in [-0.15, -0.1) is 0 Å². The van der Waals surface area contributed by atoms with Gasteiger partial charge >= 0.3 is 0 Å². The highest BCUT2D eigenvalue weighted by molar-refractivity contribution is 7.89. The number of sulfonamides is 1. The fraction of sp³-hybridized carbons (Fsp3) is 0.462. The van der Waals surface area contributed by atoms with Crippen LogP contribution in [-0.2, 0) is 14.8 Å². The summed E-state index contributed by atoms with van der Waals surface area (Å²) in [6.07, 6.45) is 2.10. The minimum atomic E-state index is -3.73. The van der Waals surface area contributed by atoms with Crippen LogP contribution in [0, 0.1) is 0 Å². The van der Waals surface area contributed by atoms with E-state index in [4.69, 9.17) is 10.5 Å². The van der Waals surface area contributed by atoms with Crippen LogP contribution >= 0.6 is 0 Å². The second kappa shape index (κ2) is 6.31. The minimum absolute atomic E-state index is 0.0223. The second-order valence-electron chi connectivity index (χ2n) is 4.89. The molecular formula is C13H19N3O4S. The Morgan fingerprint density at radius 3 is 2.71 bits per heavy atom. The zero-order valence-corrected chi connectivity index (χ0v) is 12.6. The van der Waals surface area contributed by atoms with Gasteiger partial charge < -0.3 is 15.8 Å². The number of amides is 1. The number of nitrogen functional groups attached to an aromatic ring is 1. The van der Waals surface area contributed by atoms with Crippen LogP contribution < -0.4 is 20.5 Å². The highest BCUT2D eigenvalue weighted by atomic mass is 32.2. The summed E-state index contributed by atoms with van der Waals surface area (Å²) in [7, 11) is -2.26. The van der Waals surface area contributed by atoms with Crippen LogP contribution in [0.25, 0.3) is 0 Å². The van der Waals surface area contributed by atoms with Gasteiger partial charge in [0.25, 0.3) is 0 Å². The Labute approximate surface area is 123 Å². The zero-order chi connectivity index (χ0) is 15.5. The van der Waals surface area contributed by atoms with E-state index in [-0.39, 0.29) is 35.5 Å². The maximum absolute atomic E-state index is 12.1. The number of carbonyl (C=O) groups is 1. The van der Waals surface area contributed by atoms with E-state index in [0.717, 1.165) is 12.8 Å². The van der Waals surface area contributed by atoms with Gasteiger partial charge in [0.2, 0.25) is 15.9 Å². The maximum atomic E-state index is 12.1. The van der Waals surface area contributed by atoms with E-state index in [1.54, 1.807) is 0 Å². The molecule has 1 aliphatic carbocycles. The van der Waals surface area contributed by atoms with E-state index < -0.39 is 10.0 Å². The summed E-state index contributed by atoms with van der Waals surface area (Å²) in [6, 6.07) is 4.60. The van der Waals surface area contributed by atoms with E-state index in [1.165, 1.54) is 25.3 Å². The van der Waals surface area contributed by atoms with Gasteiger partial charge in [-0.05, 0) is 25.0 Å². The molecule has 0 heterocycles. The third kappa shape index (κ3) is 4.33. The van der Waals surface area contributed by atoms with Gasteiger partial charge in [0.15, 0.2) is 0 Å². The van der Waals surface area contributed by atoms with Gasteiger partial charge in [0.1, 0.15) is 10.6 Å². The highest BCUT2D eigenvalue weighted by Crippen LogP contribution is 2.23. The topological polar surface area (TPSA) is 111 Å². The Morgan fingerprint density at radius 1 is 1.43 bits per heavy atom. The average molecular weight is 313 g/mol. The van der Waals surface area contributed by atoms with Crippen LogP contribution in [0.2, 0.25) is 0 Å². The molecular weight excluding hydrogens is 294 g/mol. The van der Waals surface area contributed by atoms with Crippen molar-refractivity contribution in [3.05, 3.63) is 18.2 Å². The molecule has 0 aliphatic heterocycles. The highest BCUT2D eigenvalue weighted by Gasteiger charge is 2.23. The van der Waals surface area contributed by atoms with Crippen molar-refractivity contribution in [2.45, 2.75) is 30.2 Å². The van der Waals surface area contributed by atoms with Gasteiger partial charge in [-0.1, -0.05) is 0 Å². The second-order valence-corrected chi connectivity index (χ2v) is 6.63. The molecule has 0 bridgehead atoms. The zero-order valence-electron chi connectivity index (χ0n) is 11.8. The molecule has 0 radical (unpaired) electrons. The Bertz CT molecular complexity index is 626. The molecule has 1 saturated carbocycles. The molecule has 1 amide bonds. The van der Waals surface area contributed by atoms with Crippen molar-refractivity contribution in [3.63, 3.8) is 0 Å². The standard InChI is InChI=1S/C13H19N3O4S/c1-20-10-4-5-12(11(14)8-10)21(18,19)15-7-6-13(17)16-9-2-3-9/h4-5,8-9,15H,2-3,6-7,14H2,1H3,(H,16,17). The van der Waals surface area contributed by atoms with Crippen molar-refractivity contribution < 1.29 is 17.9 Å². The third-order valence-electron chi connectivity index (χ3n) is 3.09. The lowest BCUT2D eigenvalue weighted by Crippen LogP contribution is -2.32. The first-order valence-corrected chi connectivity index (χ1v) is 8.13. The largest absolute Gasteiger partial charge is 0.497 e. The summed E-state index contributed by atoms with van der Waals surface area (Å²) in [5.74, 6) is 0.332. The molecule has 1 aliphatic rings. The van der Waals surface area contributed by atoms with Crippen molar-refractivity contribution in [1.29, 1.82) is 0 Å². The molecule has 0 atom stereocenters. The number of rotatable bonds is 7. The third-order valence-corrected chi connectivity index (χ3v) is 4.63. The normalized spacial score (nSPS) is 14.7. The van der Waals surface area contributed by atoms with Crippen LogP contribution in [0.3, 0.4) is 0 Å². The van der Waals surface area contributed by atoms with Crippen LogP contribution in [-0.4, -0.2) is 34.0 Å². The number of hydrogen-bond donors (Lipinski definition) is 3. The number of ether oxygens (including phenoxy) is 1. The predicted octanol–water partition coefficient (Wildman–Crippen LogP) is 0.224. The van der Waals surface area contributed by atoms with E-state index >= 15 is 0 Å². The summed E-state index contributed by atoms with van der Waals surface area (Å²) in [4.78, 5) is 11.5. The quantitative estimate of drug-likeness (QED) is 0.624. The van der Waals surface area contributed by atoms with Crippen molar-refractivity contribution in [1.82, 2.24) is 10.0 Å². The Kier molecular flexibility index (Phi) is 4.69. The number of carbonyl (C=O) groups excluding carboxylic acids is 1. The lowest BCUT2D eigenvalue weighted by Gasteiger charge is -2.10. The fourth-order valence-corrected chi connectivity index (χ4v) is 2.95. The van der Waals surface area contributed by atoms with Gasteiger partial charge in [0.05, 0.1) is 12.8 Å². The lowest BCUT2D eigenvalue weighted by atomic mass is 10.3. The van der Waals surface area contributed by atoms with Gasteiger partial charge in [-0.3, -0.25) is 4.79 Å². The van der Waals surface area contributed by atoms with E-state index in [1.807, 2.05) is 0 Å². The van der Waals surface area contributed by atoms with E-state index in [2.05, 4.69) is 10.0 Å². The first kappa shape index (κ1) is 15.6. The van der Waals surface area contributed by atoms with Gasteiger partial charge in [-0.2, -0.15) is 0 Å². The molecule has 0 aromatic heterocycles. The molecule has 0 spiro atoms. The monoisotopic (exact) mass is 313 g/mol. The first-order valence-electron chi connectivity index (χ1n) is 6.65. The molecule has 0 saturated heterocycles. The summed E-state index contributed by atoms with van der Waals surface area (Å²) in [6.45, 7) is 0.0341. The summed E-state index contributed by atoms with van der Waals surface area (Å²) >= 11 is 0. The van der Waals surface area contributed by atoms with Crippen LogP contribution in [0.5, 0.6) is 5.75 Å². The van der Waals surface area contributed by atoms with Gasteiger partial charge in [-0.25, -0.2) is 13.1 Å². The molecule has 0 unspecified atom stereocenters.